The first-order valence-corrected chi connectivity index (χ1v) is 8.15. The highest BCUT2D eigenvalue weighted by Crippen LogP contribution is 2.41. The van der Waals surface area contributed by atoms with Crippen LogP contribution in [0.3, 0.4) is 0 Å². The Morgan fingerprint density at radius 2 is 2.16 bits per heavy atom. The Bertz CT molecular complexity index is 461. The molecule has 106 valence electrons. The first kappa shape index (κ1) is 13.5. The van der Waals surface area contributed by atoms with Gasteiger partial charge in [0.15, 0.2) is 0 Å². The monoisotopic (exact) mass is 280 g/mol. The minimum Gasteiger partial charge on any atom is -0.376 e. The zero-order valence-corrected chi connectivity index (χ0v) is 13.1. The molecule has 0 spiro atoms. The predicted molar refractivity (Wildman–Crippen MR) is 78.7 cm³/mol. The van der Waals surface area contributed by atoms with Gasteiger partial charge in [0.2, 0.25) is 0 Å². The third-order valence-electron chi connectivity index (χ3n) is 4.25. The van der Waals surface area contributed by atoms with Crippen molar-refractivity contribution >= 4 is 11.3 Å². The van der Waals surface area contributed by atoms with Crippen molar-refractivity contribution in [1.82, 2.24) is 10.3 Å². The molecule has 2 fully saturated rings. The van der Waals surface area contributed by atoms with Crippen LogP contribution >= 0.6 is 11.3 Å². The number of aromatic nitrogens is 1. The van der Waals surface area contributed by atoms with Gasteiger partial charge in [-0.25, -0.2) is 4.98 Å². The summed E-state index contributed by atoms with van der Waals surface area (Å²) >= 11 is 1.79. The first-order chi connectivity index (χ1) is 8.92. The molecule has 0 aromatic carbocycles. The van der Waals surface area contributed by atoms with Gasteiger partial charge in [-0.05, 0) is 26.2 Å². The Morgan fingerprint density at radius 3 is 2.63 bits per heavy atom. The van der Waals surface area contributed by atoms with Crippen LogP contribution in [0.4, 0.5) is 0 Å². The van der Waals surface area contributed by atoms with Gasteiger partial charge in [-0.2, -0.15) is 0 Å². The van der Waals surface area contributed by atoms with Crippen LogP contribution in [0.1, 0.15) is 57.7 Å². The van der Waals surface area contributed by atoms with Crippen LogP contribution in [-0.4, -0.2) is 23.7 Å². The van der Waals surface area contributed by atoms with Gasteiger partial charge in [-0.1, -0.05) is 20.8 Å². The Labute approximate surface area is 119 Å². The second-order valence-corrected chi connectivity index (χ2v) is 7.80. The SMILES string of the molecule is CC1OCCC1(NC1CC1)c1nc(C(C)(C)C)cs1. The van der Waals surface area contributed by atoms with E-state index in [0.717, 1.165) is 13.0 Å². The third kappa shape index (κ3) is 2.46. The van der Waals surface area contributed by atoms with Gasteiger partial charge in [-0.15, -0.1) is 11.3 Å². The highest BCUT2D eigenvalue weighted by atomic mass is 32.1. The van der Waals surface area contributed by atoms with Crippen molar-refractivity contribution in [2.75, 3.05) is 6.61 Å². The molecule has 2 atom stereocenters. The lowest BCUT2D eigenvalue weighted by molar-refractivity contribution is 0.0809. The van der Waals surface area contributed by atoms with Gasteiger partial charge in [0.05, 0.1) is 17.3 Å². The Hall–Kier alpha value is -0.450. The van der Waals surface area contributed by atoms with E-state index in [1.165, 1.54) is 23.5 Å². The zero-order valence-electron chi connectivity index (χ0n) is 12.3. The molecule has 1 aromatic heterocycles. The molecule has 0 bridgehead atoms. The number of ether oxygens (including phenoxy) is 1. The van der Waals surface area contributed by atoms with Crippen LogP contribution in [0.2, 0.25) is 0 Å². The number of thiazole rings is 1. The van der Waals surface area contributed by atoms with E-state index in [4.69, 9.17) is 9.72 Å². The summed E-state index contributed by atoms with van der Waals surface area (Å²) in [5.41, 5.74) is 1.27. The molecule has 19 heavy (non-hydrogen) atoms. The summed E-state index contributed by atoms with van der Waals surface area (Å²) < 4.78 is 5.85. The summed E-state index contributed by atoms with van der Waals surface area (Å²) in [7, 11) is 0. The smallest absolute Gasteiger partial charge is 0.116 e. The van der Waals surface area contributed by atoms with Crippen LogP contribution < -0.4 is 5.32 Å². The number of rotatable bonds is 3. The maximum atomic E-state index is 5.85. The standard InChI is InChI=1S/C15H24N2OS/c1-10-15(7-8-18-10,17-11-5-6-11)13-16-12(9-19-13)14(2,3)4/h9-11,17H,5-8H2,1-4H3. The Kier molecular flexibility index (Phi) is 3.23. The fraction of sp³-hybridized carbons (Fsp3) is 0.800. The molecular weight excluding hydrogens is 256 g/mol. The average molecular weight is 280 g/mol. The quantitative estimate of drug-likeness (QED) is 0.923. The molecule has 1 aliphatic heterocycles. The van der Waals surface area contributed by atoms with Crippen molar-refractivity contribution in [1.29, 1.82) is 0 Å². The molecule has 1 aliphatic carbocycles. The summed E-state index contributed by atoms with van der Waals surface area (Å²) in [6, 6.07) is 0.672. The molecule has 2 aliphatic rings. The van der Waals surface area contributed by atoms with E-state index in [0.29, 0.717) is 6.04 Å². The number of nitrogens with zero attached hydrogens (tertiary/aromatic N) is 1. The predicted octanol–water partition coefficient (Wildman–Crippen LogP) is 3.20. The van der Waals surface area contributed by atoms with Crippen LogP contribution in [0, 0.1) is 0 Å². The second-order valence-electron chi connectivity index (χ2n) is 6.94. The Morgan fingerprint density at radius 1 is 1.42 bits per heavy atom. The van der Waals surface area contributed by atoms with E-state index in [1.54, 1.807) is 11.3 Å². The minimum atomic E-state index is -0.0463. The van der Waals surface area contributed by atoms with E-state index in [2.05, 4.69) is 38.4 Å². The second kappa shape index (κ2) is 4.54. The largest absolute Gasteiger partial charge is 0.376 e. The normalized spacial score (nSPS) is 31.9. The van der Waals surface area contributed by atoms with Crippen LogP contribution in [0.15, 0.2) is 5.38 Å². The summed E-state index contributed by atoms with van der Waals surface area (Å²) in [4.78, 5) is 4.94. The zero-order chi connectivity index (χ0) is 13.7. The lowest BCUT2D eigenvalue weighted by Gasteiger charge is -2.31. The van der Waals surface area contributed by atoms with Crippen LogP contribution in [0.25, 0.3) is 0 Å². The molecule has 2 unspecified atom stereocenters. The molecule has 1 saturated carbocycles. The average Bonchev–Trinajstić information content (AvgIpc) is 2.86. The molecule has 3 rings (SSSR count). The summed E-state index contributed by atoms with van der Waals surface area (Å²) in [6.45, 7) is 9.69. The van der Waals surface area contributed by atoms with Crippen molar-refractivity contribution in [3.8, 4) is 0 Å². The minimum absolute atomic E-state index is 0.0463. The summed E-state index contributed by atoms with van der Waals surface area (Å²) in [6.07, 6.45) is 3.85. The maximum absolute atomic E-state index is 5.85. The van der Waals surface area contributed by atoms with Crippen molar-refractivity contribution in [3.63, 3.8) is 0 Å². The fourth-order valence-electron chi connectivity index (χ4n) is 2.69. The third-order valence-corrected chi connectivity index (χ3v) is 5.27. The number of hydrogen-bond donors (Lipinski definition) is 1. The van der Waals surface area contributed by atoms with Gasteiger partial charge < -0.3 is 10.1 Å². The number of hydrogen-bond acceptors (Lipinski definition) is 4. The molecule has 0 radical (unpaired) electrons. The van der Waals surface area contributed by atoms with Crippen molar-refractivity contribution in [2.45, 2.75) is 70.1 Å². The molecule has 4 heteroatoms. The van der Waals surface area contributed by atoms with Crippen molar-refractivity contribution in [3.05, 3.63) is 16.1 Å². The van der Waals surface area contributed by atoms with Gasteiger partial charge in [-0.3, -0.25) is 0 Å². The maximum Gasteiger partial charge on any atom is 0.116 e. The highest BCUT2D eigenvalue weighted by Gasteiger charge is 2.48. The molecule has 0 amide bonds. The van der Waals surface area contributed by atoms with Crippen molar-refractivity contribution in [2.24, 2.45) is 0 Å². The molecule has 1 aromatic rings. The molecular formula is C15H24N2OS. The molecule has 3 nitrogen and oxygen atoms in total. The Balaban J connectivity index is 1.93. The summed E-state index contributed by atoms with van der Waals surface area (Å²) in [5, 5.41) is 7.26. The number of nitrogens with one attached hydrogen (secondary N) is 1. The van der Waals surface area contributed by atoms with Gasteiger partial charge >= 0.3 is 0 Å². The van der Waals surface area contributed by atoms with E-state index in [9.17, 15) is 0 Å². The van der Waals surface area contributed by atoms with Gasteiger partial charge in [0.1, 0.15) is 5.01 Å². The van der Waals surface area contributed by atoms with E-state index in [1.807, 2.05) is 0 Å². The van der Waals surface area contributed by atoms with Crippen LogP contribution in [-0.2, 0) is 15.7 Å². The summed E-state index contributed by atoms with van der Waals surface area (Å²) in [5.74, 6) is 0. The van der Waals surface area contributed by atoms with E-state index >= 15 is 0 Å². The van der Waals surface area contributed by atoms with E-state index in [-0.39, 0.29) is 17.1 Å². The molecule has 2 heterocycles. The lowest BCUT2D eigenvalue weighted by atomic mass is 9.91. The fourth-order valence-corrected chi connectivity index (χ4v) is 4.01. The van der Waals surface area contributed by atoms with E-state index < -0.39 is 0 Å². The highest BCUT2D eigenvalue weighted by molar-refractivity contribution is 7.09. The topological polar surface area (TPSA) is 34.1 Å². The van der Waals surface area contributed by atoms with Gasteiger partial charge in [0.25, 0.3) is 0 Å². The van der Waals surface area contributed by atoms with Gasteiger partial charge in [0, 0.05) is 23.4 Å². The lowest BCUT2D eigenvalue weighted by Crippen LogP contribution is -2.48. The molecule has 1 saturated heterocycles. The first-order valence-electron chi connectivity index (χ1n) is 7.27. The molecule has 1 N–H and O–H groups in total. The van der Waals surface area contributed by atoms with Crippen LogP contribution in [0.5, 0.6) is 0 Å². The van der Waals surface area contributed by atoms with Crippen molar-refractivity contribution < 1.29 is 4.74 Å².